The molecule has 0 radical (unpaired) electrons. The van der Waals surface area contributed by atoms with Crippen molar-refractivity contribution in [2.45, 2.75) is 6.92 Å². The summed E-state index contributed by atoms with van der Waals surface area (Å²) in [4.78, 5) is 16.7. The van der Waals surface area contributed by atoms with E-state index in [9.17, 15) is 9.18 Å². The van der Waals surface area contributed by atoms with E-state index < -0.39 is 5.83 Å². The highest BCUT2D eigenvalue weighted by Crippen LogP contribution is 2.24. The van der Waals surface area contributed by atoms with Gasteiger partial charge in [-0.05, 0) is 37.3 Å². The quantitative estimate of drug-likeness (QED) is 0.526. The number of rotatable bonds is 4. The van der Waals surface area contributed by atoms with Crippen LogP contribution in [-0.2, 0) is 4.79 Å². The van der Waals surface area contributed by atoms with Gasteiger partial charge in [-0.25, -0.2) is 9.18 Å². The number of anilines is 1. The fourth-order valence-corrected chi connectivity index (χ4v) is 2.09. The predicted octanol–water partition coefficient (Wildman–Crippen LogP) is 3.12. The Labute approximate surface area is 141 Å². The van der Waals surface area contributed by atoms with E-state index in [-0.39, 0.29) is 12.4 Å². The minimum Gasteiger partial charge on any atom is -0.312 e. The Kier molecular flexibility index (Phi) is 7.66. The summed E-state index contributed by atoms with van der Waals surface area (Å²) in [6, 6.07) is 7.08. The van der Waals surface area contributed by atoms with Gasteiger partial charge in [0.15, 0.2) is 5.94 Å². The summed E-state index contributed by atoms with van der Waals surface area (Å²) in [5.41, 5.74) is 7.29. The number of aliphatic imine (C=N–C) groups is 1. The first-order valence-electron chi connectivity index (χ1n) is 7.11. The van der Waals surface area contributed by atoms with Crippen LogP contribution in [0.5, 0.6) is 0 Å². The summed E-state index contributed by atoms with van der Waals surface area (Å²) < 4.78 is 14.0. The molecular formula is C19H18FN3O. The highest BCUT2D eigenvalue weighted by Gasteiger charge is 2.14. The van der Waals surface area contributed by atoms with Crippen molar-refractivity contribution in [2.75, 3.05) is 11.6 Å². The molecule has 0 saturated carbocycles. The lowest BCUT2D eigenvalue weighted by Crippen LogP contribution is -2.17. The van der Waals surface area contributed by atoms with Gasteiger partial charge >= 0.3 is 0 Å². The zero-order chi connectivity index (χ0) is 17.9. The number of nitrogens with zero attached hydrogens (tertiary/aromatic N) is 2. The second-order valence-corrected chi connectivity index (χ2v) is 4.43. The van der Waals surface area contributed by atoms with Gasteiger partial charge in [0.25, 0.3) is 0 Å². The Morgan fingerprint density at radius 3 is 2.79 bits per heavy atom. The van der Waals surface area contributed by atoms with Gasteiger partial charge in [0.05, 0.1) is 6.67 Å². The second-order valence-electron chi connectivity index (χ2n) is 4.43. The van der Waals surface area contributed by atoms with Crippen LogP contribution in [-0.4, -0.2) is 18.3 Å². The standard InChI is InChI=1S/C17H16FN3O.C2H2/c1-2-16(18)17(20-12-19)13-6-5-8-14(10-13)21-9-4-3-7-15(21)11-22;1-2/h2-10H,12,19H2,1H3;1-2H/b16-2+,20-17-;. The molecule has 0 fully saturated rings. The van der Waals surface area contributed by atoms with E-state index in [1.54, 1.807) is 54.5 Å². The topological polar surface area (TPSA) is 58.7 Å². The zero-order valence-corrected chi connectivity index (χ0v) is 13.3. The summed E-state index contributed by atoms with van der Waals surface area (Å²) in [5, 5.41) is 0. The van der Waals surface area contributed by atoms with Crippen molar-refractivity contribution < 1.29 is 9.18 Å². The van der Waals surface area contributed by atoms with Crippen LogP contribution in [0.15, 0.2) is 71.3 Å². The Hall–Kier alpha value is -3.19. The maximum atomic E-state index is 14.0. The van der Waals surface area contributed by atoms with Crippen LogP contribution in [0, 0.1) is 12.8 Å². The molecule has 4 nitrogen and oxygen atoms in total. The first kappa shape index (κ1) is 18.9. The van der Waals surface area contributed by atoms with E-state index in [1.807, 2.05) is 12.0 Å². The number of hydrogen-bond donors (Lipinski definition) is 1. The Morgan fingerprint density at radius 2 is 2.17 bits per heavy atom. The number of terminal acetylenes is 1. The number of benzene rings is 1. The monoisotopic (exact) mass is 323 g/mol. The smallest absolute Gasteiger partial charge is 0.151 e. The number of halogens is 1. The molecule has 2 rings (SSSR count). The molecular weight excluding hydrogens is 305 g/mol. The lowest BCUT2D eigenvalue weighted by atomic mass is 10.1. The Bertz CT molecular complexity index is 766. The minimum absolute atomic E-state index is 0.00728. The summed E-state index contributed by atoms with van der Waals surface area (Å²) in [5.74, 6) is 1.44. The number of carbonyl (C=O) groups excluding carboxylic acids is 1. The Balaban J connectivity index is 0.00000139. The molecule has 1 heterocycles. The first-order chi connectivity index (χ1) is 11.7. The SMILES string of the molecule is C#C.C/C=C(F)\C(=N/CN)c1cccc(N2C=CC=CC2=C=O)c1. The Morgan fingerprint density at radius 1 is 1.42 bits per heavy atom. The van der Waals surface area contributed by atoms with Crippen molar-refractivity contribution in [3.63, 3.8) is 0 Å². The van der Waals surface area contributed by atoms with Crippen molar-refractivity contribution in [1.29, 1.82) is 0 Å². The molecule has 1 aromatic rings. The third-order valence-corrected chi connectivity index (χ3v) is 3.09. The summed E-state index contributed by atoms with van der Waals surface area (Å²) in [6.45, 7) is 1.59. The lowest BCUT2D eigenvalue weighted by molar-refractivity contribution is 0.567. The summed E-state index contributed by atoms with van der Waals surface area (Å²) in [7, 11) is 0. The highest BCUT2D eigenvalue weighted by atomic mass is 19.1. The maximum absolute atomic E-state index is 14.0. The maximum Gasteiger partial charge on any atom is 0.151 e. The molecule has 0 aliphatic carbocycles. The molecule has 5 heteroatoms. The predicted molar refractivity (Wildman–Crippen MR) is 96.8 cm³/mol. The molecule has 2 N–H and O–H groups in total. The largest absolute Gasteiger partial charge is 0.312 e. The van der Waals surface area contributed by atoms with Crippen LogP contribution in [0.4, 0.5) is 10.1 Å². The van der Waals surface area contributed by atoms with E-state index in [1.165, 1.54) is 6.08 Å². The van der Waals surface area contributed by atoms with Crippen LogP contribution in [0.2, 0.25) is 0 Å². The fraction of sp³-hybridized carbons (Fsp3) is 0.105. The van der Waals surface area contributed by atoms with E-state index in [0.717, 1.165) is 0 Å². The molecule has 0 atom stereocenters. The molecule has 0 saturated heterocycles. The molecule has 0 aromatic heterocycles. The third kappa shape index (κ3) is 4.40. The summed E-state index contributed by atoms with van der Waals surface area (Å²) in [6.07, 6.45) is 16.3. The van der Waals surface area contributed by atoms with Crippen molar-refractivity contribution in [2.24, 2.45) is 10.7 Å². The first-order valence-corrected chi connectivity index (χ1v) is 7.11. The van der Waals surface area contributed by atoms with Gasteiger partial charge < -0.3 is 10.6 Å². The van der Waals surface area contributed by atoms with E-state index >= 15 is 0 Å². The average Bonchev–Trinajstić information content (AvgIpc) is 2.67. The van der Waals surface area contributed by atoms with Crippen molar-refractivity contribution in [3.8, 4) is 12.8 Å². The van der Waals surface area contributed by atoms with Crippen molar-refractivity contribution in [3.05, 3.63) is 71.9 Å². The molecule has 0 amide bonds. The normalized spacial score (nSPS) is 14.0. The second kappa shape index (κ2) is 9.75. The van der Waals surface area contributed by atoms with Gasteiger partial charge in [0.1, 0.15) is 17.2 Å². The highest BCUT2D eigenvalue weighted by molar-refractivity contribution is 6.11. The molecule has 0 unspecified atom stereocenters. The van der Waals surface area contributed by atoms with Crippen molar-refractivity contribution >= 4 is 17.3 Å². The van der Waals surface area contributed by atoms with Crippen LogP contribution < -0.4 is 10.6 Å². The number of nitrogens with two attached hydrogens (primary N) is 1. The lowest BCUT2D eigenvalue weighted by Gasteiger charge is -2.21. The van der Waals surface area contributed by atoms with Gasteiger partial charge in [-0.2, -0.15) is 0 Å². The van der Waals surface area contributed by atoms with E-state index in [2.05, 4.69) is 17.8 Å². The van der Waals surface area contributed by atoms with Crippen LogP contribution >= 0.6 is 0 Å². The minimum atomic E-state index is -0.442. The zero-order valence-electron chi connectivity index (χ0n) is 13.3. The van der Waals surface area contributed by atoms with Crippen LogP contribution in [0.1, 0.15) is 12.5 Å². The number of hydrogen-bond acceptors (Lipinski definition) is 4. The molecule has 0 spiro atoms. The van der Waals surface area contributed by atoms with Gasteiger partial charge in [0.2, 0.25) is 0 Å². The van der Waals surface area contributed by atoms with E-state index in [4.69, 9.17) is 5.73 Å². The van der Waals surface area contributed by atoms with Gasteiger partial charge in [-0.3, -0.25) is 4.99 Å². The van der Waals surface area contributed by atoms with E-state index in [0.29, 0.717) is 16.9 Å². The third-order valence-electron chi connectivity index (χ3n) is 3.09. The molecule has 0 bridgehead atoms. The average molecular weight is 323 g/mol. The summed E-state index contributed by atoms with van der Waals surface area (Å²) >= 11 is 0. The molecule has 24 heavy (non-hydrogen) atoms. The molecule has 1 aliphatic heterocycles. The molecule has 1 aromatic carbocycles. The van der Waals surface area contributed by atoms with Gasteiger partial charge in [-0.15, -0.1) is 12.8 Å². The van der Waals surface area contributed by atoms with Gasteiger partial charge in [-0.1, -0.05) is 18.2 Å². The van der Waals surface area contributed by atoms with Crippen molar-refractivity contribution in [1.82, 2.24) is 0 Å². The molecule has 122 valence electrons. The van der Waals surface area contributed by atoms with Crippen LogP contribution in [0.25, 0.3) is 0 Å². The van der Waals surface area contributed by atoms with Gasteiger partial charge in [0, 0.05) is 17.5 Å². The van der Waals surface area contributed by atoms with Crippen LogP contribution in [0.3, 0.4) is 0 Å². The fourth-order valence-electron chi connectivity index (χ4n) is 2.09. The number of allylic oxidation sites excluding steroid dienone is 5. The molecule has 1 aliphatic rings.